The summed E-state index contributed by atoms with van der Waals surface area (Å²) in [6, 6.07) is 14.1. The van der Waals surface area contributed by atoms with E-state index in [0.29, 0.717) is 33.3 Å². The number of carbonyl (C=O) groups excluding carboxylic acids is 3. The molecule has 1 aliphatic rings. The van der Waals surface area contributed by atoms with E-state index in [1.807, 2.05) is 26.0 Å². The van der Waals surface area contributed by atoms with E-state index >= 15 is 0 Å². The number of imide groups is 1. The summed E-state index contributed by atoms with van der Waals surface area (Å²) in [6.45, 7) is 5.72. The molecule has 1 aliphatic heterocycles. The van der Waals surface area contributed by atoms with E-state index in [2.05, 4.69) is 5.32 Å². The van der Waals surface area contributed by atoms with Crippen LogP contribution in [0.4, 0.5) is 5.69 Å². The maximum atomic E-state index is 13.1. The minimum atomic E-state index is -0.299. The highest BCUT2D eigenvalue weighted by Gasteiger charge is 2.39. The molecule has 3 rings (SSSR count). The first-order valence-corrected chi connectivity index (χ1v) is 10.4. The lowest BCUT2D eigenvalue weighted by molar-refractivity contribution is -0.137. The maximum absolute atomic E-state index is 13.1. The Hall–Kier alpha value is -2.57. The number of hydrogen-bond donors (Lipinski definition) is 1. The van der Waals surface area contributed by atoms with E-state index < -0.39 is 0 Å². The molecule has 0 radical (unpaired) electrons. The Labute approximate surface area is 179 Å². The molecule has 0 atom stereocenters. The minimum absolute atomic E-state index is 0.158. The lowest BCUT2D eigenvalue weighted by atomic mass is 10.1. The molecule has 0 fully saturated rings. The van der Waals surface area contributed by atoms with Crippen LogP contribution < -0.4 is 5.32 Å². The summed E-state index contributed by atoms with van der Waals surface area (Å²) in [6.07, 6.45) is 0. The molecule has 7 heteroatoms. The van der Waals surface area contributed by atoms with Crippen LogP contribution >= 0.6 is 23.4 Å². The number of nitrogens with one attached hydrogen (secondary N) is 1. The third kappa shape index (κ3) is 4.89. The molecule has 2 aromatic carbocycles. The molecule has 0 aromatic heterocycles. The predicted molar refractivity (Wildman–Crippen MR) is 117 cm³/mol. The number of nitrogens with zero attached hydrogens (tertiary/aromatic N) is 1. The molecular formula is C22H21ClN2O3S. The third-order valence-electron chi connectivity index (χ3n) is 4.20. The second-order valence-corrected chi connectivity index (χ2v) is 8.65. The fraction of sp³-hybridized carbons (Fsp3) is 0.227. The van der Waals surface area contributed by atoms with Gasteiger partial charge in [-0.05, 0) is 47.9 Å². The Morgan fingerprint density at radius 3 is 2.21 bits per heavy atom. The summed E-state index contributed by atoms with van der Waals surface area (Å²) >= 11 is 7.22. The number of amides is 3. The summed E-state index contributed by atoms with van der Waals surface area (Å²) in [4.78, 5) is 39.9. The zero-order chi connectivity index (χ0) is 21.1. The van der Waals surface area contributed by atoms with E-state index in [4.69, 9.17) is 11.6 Å². The van der Waals surface area contributed by atoms with Gasteiger partial charge in [-0.2, -0.15) is 0 Å². The Morgan fingerprint density at radius 2 is 1.66 bits per heavy atom. The van der Waals surface area contributed by atoms with Crippen molar-refractivity contribution in [3.05, 3.63) is 64.0 Å². The smallest absolute Gasteiger partial charge is 0.268 e. The Bertz CT molecular complexity index is 982. The van der Waals surface area contributed by atoms with Crippen LogP contribution in [0.1, 0.15) is 26.3 Å². The van der Waals surface area contributed by atoms with Crippen molar-refractivity contribution in [3.63, 3.8) is 0 Å². The number of carbonyl (C=O) groups is 3. The monoisotopic (exact) mass is 428 g/mol. The molecule has 1 heterocycles. The van der Waals surface area contributed by atoms with Crippen LogP contribution in [0, 0.1) is 5.92 Å². The van der Waals surface area contributed by atoms with Crippen LogP contribution in [0.15, 0.2) is 58.3 Å². The Kier molecular flexibility index (Phi) is 6.45. The van der Waals surface area contributed by atoms with Crippen LogP contribution in [-0.4, -0.2) is 29.2 Å². The second kappa shape index (κ2) is 8.84. The first kappa shape index (κ1) is 21.1. The number of hydrogen-bond acceptors (Lipinski definition) is 4. The molecule has 29 heavy (non-hydrogen) atoms. The van der Waals surface area contributed by atoms with Gasteiger partial charge in [-0.15, -0.1) is 0 Å². The van der Waals surface area contributed by atoms with Crippen molar-refractivity contribution in [2.75, 3.05) is 11.9 Å². The molecule has 3 amide bonds. The summed E-state index contributed by atoms with van der Waals surface area (Å²) < 4.78 is 0. The van der Waals surface area contributed by atoms with E-state index in [0.717, 1.165) is 4.90 Å². The summed E-state index contributed by atoms with van der Waals surface area (Å²) in [5.74, 6) is -0.602. The average Bonchev–Trinajstić information content (AvgIpc) is 2.88. The van der Waals surface area contributed by atoms with E-state index in [1.54, 1.807) is 36.4 Å². The van der Waals surface area contributed by atoms with Gasteiger partial charge in [0.2, 0.25) is 5.91 Å². The maximum Gasteiger partial charge on any atom is 0.268 e. The van der Waals surface area contributed by atoms with Gasteiger partial charge in [-0.3, -0.25) is 19.3 Å². The van der Waals surface area contributed by atoms with Crippen LogP contribution in [0.25, 0.3) is 5.57 Å². The topological polar surface area (TPSA) is 66.5 Å². The lowest BCUT2D eigenvalue weighted by Gasteiger charge is -2.17. The third-order valence-corrected chi connectivity index (χ3v) is 5.54. The van der Waals surface area contributed by atoms with Crippen molar-refractivity contribution in [1.29, 1.82) is 0 Å². The van der Waals surface area contributed by atoms with Crippen LogP contribution in [-0.2, 0) is 14.4 Å². The van der Waals surface area contributed by atoms with Gasteiger partial charge in [-0.25, -0.2) is 0 Å². The number of thioether (sulfide) groups is 1. The second-order valence-electron chi connectivity index (χ2n) is 7.13. The largest absolute Gasteiger partial charge is 0.326 e. The van der Waals surface area contributed by atoms with Crippen molar-refractivity contribution < 1.29 is 14.4 Å². The fourth-order valence-corrected chi connectivity index (χ4v) is 4.12. The van der Waals surface area contributed by atoms with E-state index in [1.165, 1.54) is 23.6 Å². The molecule has 0 saturated carbocycles. The van der Waals surface area contributed by atoms with Crippen molar-refractivity contribution in [2.24, 2.45) is 5.92 Å². The number of rotatable bonds is 6. The van der Waals surface area contributed by atoms with Gasteiger partial charge in [0.25, 0.3) is 11.8 Å². The summed E-state index contributed by atoms with van der Waals surface area (Å²) in [5, 5.41) is 3.30. The quantitative estimate of drug-likeness (QED) is 0.669. The molecule has 0 bridgehead atoms. The van der Waals surface area contributed by atoms with Crippen LogP contribution in [0.2, 0.25) is 5.02 Å². The predicted octanol–water partition coefficient (Wildman–Crippen LogP) is 4.83. The molecule has 0 spiro atoms. The molecule has 0 saturated heterocycles. The zero-order valence-corrected chi connectivity index (χ0v) is 17.9. The van der Waals surface area contributed by atoms with Gasteiger partial charge in [0, 0.05) is 29.1 Å². The molecule has 0 aliphatic carbocycles. The van der Waals surface area contributed by atoms with Gasteiger partial charge in [0.1, 0.15) is 0 Å². The lowest BCUT2D eigenvalue weighted by Crippen LogP contribution is -2.34. The highest BCUT2D eigenvalue weighted by Crippen LogP contribution is 2.40. The molecule has 2 aromatic rings. The molecular weight excluding hydrogens is 408 g/mol. The highest BCUT2D eigenvalue weighted by atomic mass is 35.5. The van der Waals surface area contributed by atoms with Gasteiger partial charge in [0.05, 0.1) is 10.5 Å². The Morgan fingerprint density at radius 1 is 1.03 bits per heavy atom. The standard InChI is InChI=1S/C22H21ClN2O3S/c1-13(2)12-25-21(27)19(15-4-8-17(9-5-15)24-14(3)26)20(22(25)28)29-18-10-6-16(23)7-11-18/h4-11,13H,12H2,1-3H3,(H,24,26). The van der Waals surface area contributed by atoms with Crippen LogP contribution in [0.5, 0.6) is 0 Å². The normalized spacial score (nSPS) is 14.2. The summed E-state index contributed by atoms with van der Waals surface area (Å²) in [5.41, 5.74) is 1.65. The molecule has 1 N–H and O–H groups in total. The van der Waals surface area contributed by atoms with E-state index in [9.17, 15) is 14.4 Å². The number of anilines is 1. The summed E-state index contributed by atoms with van der Waals surface area (Å²) in [7, 11) is 0. The highest BCUT2D eigenvalue weighted by molar-refractivity contribution is 8.04. The molecule has 150 valence electrons. The average molecular weight is 429 g/mol. The zero-order valence-electron chi connectivity index (χ0n) is 16.4. The first-order valence-electron chi connectivity index (χ1n) is 9.18. The Balaban J connectivity index is 2.01. The van der Waals surface area contributed by atoms with Gasteiger partial charge < -0.3 is 5.32 Å². The number of halogens is 1. The van der Waals surface area contributed by atoms with Gasteiger partial charge in [-0.1, -0.05) is 49.3 Å². The van der Waals surface area contributed by atoms with Crippen molar-refractivity contribution in [3.8, 4) is 0 Å². The van der Waals surface area contributed by atoms with Crippen molar-refractivity contribution in [1.82, 2.24) is 4.90 Å². The molecule has 0 unspecified atom stereocenters. The van der Waals surface area contributed by atoms with Crippen LogP contribution in [0.3, 0.4) is 0 Å². The molecule has 5 nitrogen and oxygen atoms in total. The number of benzene rings is 2. The first-order chi connectivity index (χ1) is 13.8. The van der Waals surface area contributed by atoms with Gasteiger partial charge >= 0.3 is 0 Å². The minimum Gasteiger partial charge on any atom is -0.326 e. The van der Waals surface area contributed by atoms with Gasteiger partial charge in [0.15, 0.2) is 0 Å². The fourth-order valence-electron chi connectivity index (χ4n) is 2.98. The van der Waals surface area contributed by atoms with Crippen molar-refractivity contribution >= 4 is 52.3 Å². The SMILES string of the molecule is CC(=O)Nc1ccc(C2=C(Sc3ccc(Cl)cc3)C(=O)N(CC(C)C)C2=O)cc1. The van der Waals surface area contributed by atoms with Crippen molar-refractivity contribution in [2.45, 2.75) is 25.7 Å². The van der Waals surface area contributed by atoms with E-state index in [-0.39, 0.29) is 23.6 Å².